The van der Waals surface area contributed by atoms with Crippen LogP contribution in [0, 0.1) is 0 Å². The molecular weight excluding hydrogens is 580 g/mol. The summed E-state index contributed by atoms with van der Waals surface area (Å²) in [6.07, 6.45) is -6.27. The number of halogens is 20. The van der Waals surface area contributed by atoms with Crippen molar-refractivity contribution in [1.82, 2.24) is 0 Å². The molecule has 0 atom stereocenters. The van der Waals surface area contributed by atoms with Gasteiger partial charge < -0.3 is 4.74 Å². The number of carbonyl (C=O) groups is 1. The maximum atomic E-state index is 13.5. The molecule has 0 saturated carbocycles. The predicted molar refractivity (Wildman–Crippen MR) is 71.7 cm³/mol. The van der Waals surface area contributed by atoms with Crippen LogP contribution in [0.4, 0.5) is 87.8 Å². The van der Waals surface area contributed by atoms with Crippen molar-refractivity contribution in [2.45, 2.75) is 59.7 Å². The molecule has 0 aliphatic heterocycles. The van der Waals surface area contributed by atoms with Gasteiger partial charge in [-0.3, -0.25) is 0 Å². The second-order valence-electron chi connectivity index (χ2n) is 6.46. The molecule has 0 bridgehead atoms. The Morgan fingerprint density at radius 1 is 0.583 bits per heavy atom. The summed E-state index contributed by atoms with van der Waals surface area (Å²) < 4.78 is 266. The normalized spacial score (nSPS) is 15.8. The van der Waals surface area contributed by atoms with Crippen molar-refractivity contribution in [1.29, 1.82) is 0 Å². The van der Waals surface area contributed by atoms with E-state index >= 15 is 0 Å². The number of ether oxygens (including phenoxy) is 1. The molecule has 0 aliphatic carbocycles. The molecule has 0 aliphatic rings. The van der Waals surface area contributed by atoms with Crippen LogP contribution >= 0.6 is 0 Å². The lowest BCUT2D eigenvalue weighted by Crippen LogP contribution is -2.76. The van der Waals surface area contributed by atoms with Gasteiger partial charge in [-0.1, -0.05) is 6.58 Å². The van der Waals surface area contributed by atoms with Crippen LogP contribution in [0.2, 0.25) is 0 Å². The monoisotopic (exact) mass is 586 g/mol. The van der Waals surface area contributed by atoms with Crippen LogP contribution in [0.15, 0.2) is 12.7 Å². The fraction of sp³-hybridized carbons (Fsp3) is 0.786. The highest BCUT2D eigenvalue weighted by atomic mass is 19.4. The minimum atomic E-state index is -9.08. The molecule has 0 saturated heterocycles. The standard InChI is InChI=1S/C14H6F20O2/c1-2-4(35)36-3-6(17,18)8(21,22)10(25,26)12(29,30)14(33,34)13(31,32)11(27,28)9(23,24)7(19,20)5(15)16/h2,5H,1,3H2. The van der Waals surface area contributed by atoms with Crippen molar-refractivity contribution in [2.75, 3.05) is 6.61 Å². The van der Waals surface area contributed by atoms with Crippen molar-refractivity contribution in [3.8, 4) is 0 Å². The van der Waals surface area contributed by atoms with Gasteiger partial charge in [0.15, 0.2) is 6.61 Å². The van der Waals surface area contributed by atoms with Gasteiger partial charge in [0.2, 0.25) is 0 Å². The lowest BCUT2D eigenvalue weighted by atomic mass is 9.86. The van der Waals surface area contributed by atoms with Crippen molar-refractivity contribution in [2.24, 2.45) is 0 Å². The van der Waals surface area contributed by atoms with Crippen LogP contribution in [0.5, 0.6) is 0 Å². The van der Waals surface area contributed by atoms with E-state index in [1.807, 2.05) is 0 Å². The molecule has 0 spiro atoms. The molecule has 0 amide bonds. The average molecular weight is 586 g/mol. The van der Waals surface area contributed by atoms with Crippen LogP contribution in [-0.4, -0.2) is 72.3 Å². The summed E-state index contributed by atoms with van der Waals surface area (Å²) in [7, 11) is 0. The highest BCUT2D eigenvalue weighted by Gasteiger charge is 2.96. The highest BCUT2D eigenvalue weighted by Crippen LogP contribution is 2.65. The molecular formula is C14H6F20O2. The fourth-order valence-corrected chi connectivity index (χ4v) is 1.87. The van der Waals surface area contributed by atoms with E-state index in [0.29, 0.717) is 0 Å². The van der Waals surface area contributed by atoms with Crippen LogP contribution < -0.4 is 0 Å². The molecule has 36 heavy (non-hydrogen) atoms. The molecule has 0 unspecified atom stereocenters. The van der Waals surface area contributed by atoms with E-state index in [2.05, 4.69) is 11.3 Å². The Morgan fingerprint density at radius 2 is 0.861 bits per heavy atom. The molecule has 214 valence electrons. The van der Waals surface area contributed by atoms with Crippen molar-refractivity contribution >= 4 is 5.97 Å². The Labute approximate surface area is 183 Å². The lowest BCUT2D eigenvalue weighted by Gasteiger charge is -2.44. The molecule has 0 radical (unpaired) electrons. The summed E-state index contributed by atoms with van der Waals surface area (Å²) in [5.41, 5.74) is 0. The summed E-state index contributed by atoms with van der Waals surface area (Å²) in [5.74, 6) is -78.0. The SMILES string of the molecule is C=CC(=O)OCC(F)(F)C(F)(F)C(F)(F)C(F)(F)C(F)(F)C(F)(F)C(F)(F)C(F)(F)C(F)(F)C(F)F. The third kappa shape index (κ3) is 4.30. The molecule has 0 aromatic carbocycles. The number of rotatable bonds is 12. The molecule has 0 N–H and O–H groups in total. The number of carbonyl (C=O) groups excluding carboxylic acids is 1. The van der Waals surface area contributed by atoms with Gasteiger partial charge in [-0.15, -0.1) is 0 Å². The quantitative estimate of drug-likeness (QED) is 0.145. The van der Waals surface area contributed by atoms with Crippen LogP contribution in [0.1, 0.15) is 0 Å². The van der Waals surface area contributed by atoms with Gasteiger partial charge in [-0.05, 0) is 0 Å². The van der Waals surface area contributed by atoms with Crippen molar-refractivity contribution in [3.63, 3.8) is 0 Å². The van der Waals surface area contributed by atoms with Gasteiger partial charge in [0.25, 0.3) is 0 Å². The maximum Gasteiger partial charge on any atom is 0.385 e. The smallest absolute Gasteiger partial charge is 0.385 e. The Hall–Kier alpha value is -2.19. The summed E-state index contributed by atoms with van der Waals surface area (Å²) >= 11 is 0. The summed E-state index contributed by atoms with van der Waals surface area (Å²) in [5, 5.41) is 0. The van der Waals surface area contributed by atoms with Gasteiger partial charge >= 0.3 is 65.7 Å². The number of esters is 1. The third-order valence-electron chi connectivity index (χ3n) is 4.08. The molecule has 22 heteroatoms. The maximum absolute atomic E-state index is 13.5. The second-order valence-corrected chi connectivity index (χ2v) is 6.46. The van der Waals surface area contributed by atoms with Gasteiger partial charge in [-0.2, -0.15) is 79.0 Å². The first kappa shape index (κ1) is 33.8. The van der Waals surface area contributed by atoms with Gasteiger partial charge in [0.1, 0.15) is 0 Å². The minimum Gasteiger partial charge on any atom is -0.456 e. The van der Waals surface area contributed by atoms with Gasteiger partial charge in [0, 0.05) is 6.08 Å². The topological polar surface area (TPSA) is 26.3 Å². The first-order valence-electron chi connectivity index (χ1n) is 7.87. The van der Waals surface area contributed by atoms with E-state index in [0.717, 1.165) is 0 Å². The third-order valence-corrected chi connectivity index (χ3v) is 4.08. The fourth-order valence-electron chi connectivity index (χ4n) is 1.87. The average Bonchev–Trinajstić information content (AvgIpc) is 2.70. The van der Waals surface area contributed by atoms with Crippen molar-refractivity contribution in [3.05, 3.63) is 12.7 Å². The molecule has 2 nitrogen and oxygen atoms in total. The van der Waals surface area contributed by atoms with Crippen LogP contribution in [-0.2, 0) is 9.53 Å². The lowest BCUT2D eigenvalue weighted by molar-refractivity contribution is -0.465. The largest absolute Gasteiger partial charge is 0.456 e. The minimum absolute atomic E-state index is 0.146. The Balaban J connectivity index is 6.87. The van der Waals surface area contributed by atoms with Crippen molar-refractivity contribution < 1.29 is 97.3 Å². The first-order valence-corrected chi connectivity index (χ1v) is 7.87. The van der Waals surface area contributed by atoms with Gasteiger partial charge in [-0.25, -0.2) is 13.6 Å². The van der Waals surface area contributed by atoms with E-state index in [4.69, 9.17) is 0 Å². The Kier molecular flexibility index (Phi) is 8.43. The molecule has 0 fully saturated rings. The Morgan fingerprint density at radius 3 is 1.14 bits per heavy atom. The molecule has 0 heterocycles. The second kappa shape index (κ2) is 8.98. The Bertz CT molecular complexity index is 828. The highest BCUT2D eigenvalue weighted by molar-refractivity contribution is 5.81. The van der Waals surface area contributed by atoms with E-state index in [-0.39, 0.29) is 6.08 Å². The van der Waals surface area contributed by atoms with Crippen LogP contribution in [0.3, 0.4) is 0 Å². The van der Waals surface area contributed by atoms with Crippen LogP contribution in [0.25, 0.3) is 0 Å². The summed E-state index contributed by atoms with van der Waals surface area (Å²) in [6, 6.07) is 0. The van der Waals surface area contributed by atoms with E-state index in [1.54, 1.807) is 0 Å². The first-order chi connectivity index (χ1) is 15.4. The molecule has 0 rings (SSSR count). The molecule has 0 aromatic heterocycles. The van der Waals surface area contributed by atoms with E-state index < -0.39 is 72.3 Å². The summed E-state index contributed by atoms with van der Waals surface area (Å²) in [6.45, 7) is -0.958. The van der Waals surface area contributed by atoms with E-state index in [1.165, 1.54) is 0 Å². The zero-order chi connectivity index (χ0) is 29.8. The zero-order valence-electron chi connectivity index (χ0n) is 15.9. The number of alkyl halides is 20. The number of hydrogen-bond donors (Lipinski definition) is 0. The van der Waals surface area contributed by atoms with E-state index in [9.17, 15) is 92.6 Å². The van der Waals surface area contributed by atoms with Gasteiger partial charge in [0.05, 0.1) is 0 Å². The zero-order valence-corrected chi connectivity index (χ0v) is 15.9. The number of hydrogen-bond acceptors (Lipinski definition) is 2. The summed E-state index contributed by atoms with van der Waals surface area (Å²) in [4.78, 5) is 10.5. The predicted octanol–water partition coefficient (Wildman–Crippen LogP) is 6.70. The molecule has 0 aromatic rings.